The zero-order valence-corrected chi connectivity index (χ0v) is 21.9. The van der Waals surface area contributed by atoms with Crippen molar-refractivity contribution in [3.05, 3.63) is 36.0 Å². The Morgan fingerprint density at radius 2 is 2.00 bits per heavy atom. The summed E-state index contributed by atoms with van der Waals surface area (Å²) in [7, 11) is 2.92. The number of oxime groups is 1. The van der Waals surface area contributed by atoms with E-state index < -0.39 is 35.4 Å². The van der Waals surface area contributed by atoms with Gasteiger partial charge in [-0.25, -0.2) is 9.37 Å². The summed E-state index contributed by atoms with van der Waals surface area (Å²) in [6, 6.07) is -0.217. The Balaban J connectivity index is 1.83. The van der Waals surface area contributed by atoms with Gasteiger partial charge >= 0.3 is 0 Å². The van der Waals surface area contributed by atoms with Crippen LogP contribution in [0.2, 0.25) is 0 Å². The van der Waals surface area contributed by atoms with Crippen LogP contribution < -0.4 is 15.4 Å². The molecule has 2 aromatic rings. The van der Waals surface area contributed by atoms with Crippen LogP contribution in [0.4, 0.5) is 10.1 Å². The lowest BCUT2D eigenvalue weighted by Crippen LogP contribution is -2.51. The van der Waals surface area contributed by atoms with E-state index >= 15 is 0 Å². The van der Waals surface area contributed by atoms with Gasteiger partial charge < -0.3 is 25.3 Å². The summed E-state index contributed by atoms with van der Waals surface area (Å²) in [5.74, 6) is -1.20. The Bertz CT molecular complexity index is 1180. The minimum atomic E-state index is -0.910. The number of pyridine rings is 1. The van der Waals surface area contributed by atoms with Gasteiger partial charge in [0.2, 0.25) is 11.8 Å². The molecule has 4 N–H and O–H groups in total. The zero-order valence-electron chi connectivity index (χ0n) is 21.9. The van der Waals surface area contributed by atoms with Crippen molar-refractivity contribution in [1.82, 2.24) is 20.1 Å². The molecule has 0 aliphatic heterocycles. The van der Waals surface area contributed by atoms with Gasteiger partial charge in [0.15, 0.2) is 0 Å². The molecule has 38 heavy (non-hydrogen) atoms. The van der Waals surface area contributed by atoms with E-state index in [1.54, 1.807) is 6.20 Å². The van der Waals surface area contributed by atoms with Gasteiger partial charge in [-0.3, -0.25) is 19.7 Å². The first-order valence-electron chi connectivity index (χ1n) is 12.3. The van der Waals surface area contributed by atoms with E-state index in [1.807, 2.05) is 0 Å². The number of ether oxygens (including phenoxy) is 2. The SMILES string of the molecule is COCC(c1cc(F)cnc1OC)n1cc(NC(=O)[C@@H](NC(=O)C(=N)/C(C)=N\O)C2CCC(C)CC2)cn1. The van der Waals surface area contributed by atoms with Crippen LogP contribution in [0, 0.1) is 23.1 Å². The summed E-state index contributed by atoms with van der Waals surface area (Å²) in [5.41, 5.74) is 0.0799. The van der Waals surface area contributed by atoms with Gasteiger partial charge in [0.25, 0.3) is 5.91 Å². The van der Waals surface area contributed by atoms with Crippen molar-refractivity contribution < 1.29 is 28.7 Å². The van der Waals surface area contributed by atoms with Gasteiger partial charge in [-0.1, -0.05) is 24.9 Å². The molecule has 2 amide bonds. The number of carbonyl (C=O) groups is 2. The Kier molecular flexibility index (Phi) is 9.88. The van der Waals surface area contributed by atoms with E-state index in [9.17, 15) is 14.0 Å². The number of nitrogens with zero attached hydrogens (tertiary/aromatic N) is 4. The summed E-state index contributed by atoms with van der Waals surface area (Å²) >= 11 is 0. The summed E-state index contributed by atoms with van der Waals surface area (Å²) in [6.45, 7) is 3.60. The predicted octanol–water partition coefficient (Wildman–Crippen LogP) is 2.78. The van der Waals surface area contributed by atoms with E-state index in [2.05, 4.69) is 32.8 Å². The third-order valence-corrected chi connectivity index (χ3v) is 6.75. The maximum absolute atomic E-state index is 14.0. The molecule has 2 aromatic heterocycles. The molecule has 1 saturated carbocycles. The fourth-order valence-corrected chi connectivity index (χ4v) is 4.56. The number of carbonyl (C=O) groups excluding carboxylic acids is 2. The third kappa shape index (κ3) is 6.91. The molecule has 1 aliphatic rings. The van der Waals surface area contributed by atoms with Crippen LogP contribution in [0.15, 0.2) is 29.8 Å². The first-order valence-corrected chi connectivity index (χ1v) is 12.3. The first-order chi connectivity index (χ1) is 18.2. The third-order valence-electron chi connectivity index (χ3n) is 6.75. The van der Waals surface area contributed by atoms with Crippen molar-refractivity contribution in [1.29, 1.82) is 5.41 Å². The number of amides is 2. The zero-order chi connectivity index (χ0) is 27.8. The average Bonchev–Trinajstić information content (AvgIpc) is 3.37. The Labute approximate surface area is 220 Å². The number of nitrogens with one attached hydrogen (secondary N) is 3. The van der Waals surface area contributed by atoms with Gasteiger partial charge in [-0.15, -0.1) is 0 Å². The highest BCUT2D eigenvalue weighted by Crippen LogP contribution is 2.31. The highest BCUT2D eigenvalue weighted by molar-refractivity contribution is 6.65. The standard InChI is InChI=1S/C25H34FN7O5/c1-14-5-7-16(8-6-14)22(31-23(34)21(27)15(2)32-36)24(35)30-18-11-29-33(12-18)20(13-37-3)19-9-17(26)10-28-25(19)38-4/h9-12,14,16,20,22,27,36H,5-8,13H2,1-4H3,(H,30,35)(H,31,34)/b27-21?,32-15-/t14?,16?,20?,22-/m0/s1. The smallest absolute Gasteiger partial charge is 0.271 e. The summed E-state index contributed by atoms with van der Waals surface area (Å²) in [6.07, 6.45) is 7.36. The highest BCUT2D eigenvalue weighted by Gasteiger charge is 2.34. The minimum Gasteiger partial charge on any atom is -0.481 e. The van der Waals surface area contributed by atoms with Crippen molar-refractivity contribution in [2.75, 3.05) is 26.1 Å². The molecular weight excluding hydrogens is 497 g/mol. The maximum atomic E-state index is 14.0. The molecule has 13 heteroatoms. The fraction of sp³-hybridized carbons (Fsp3) is 0.520. The molecule has 12 nitrogen and oxygen atoms in total. The minimum absolute atomic E-state index is 0.128. The fourth-order valence-electron chi connectivity index (χ4n) is 4.56. The van der Waals surface area contributed by atoms with Gasteiger partial charge in [0.05, 0.1) is 31.8 Å². The molecule has 3 rings (SSSR count). The van der Waals surface area contributed by atoms with Crippen LogP contribution in [0.1, 0.15) is 51.1 Å². The van der Waals surface area contributed by atoms with Crippen LogP contribution >= 0.6 is 0 Å². The van der Waals surface area contributed by atoms with Crippen LogP contribution in [-0.2, 0) is 14.3 Å². The Hall–Kier alpha value is -3.87. The van der Waals surface area contributed by atoms with Crippen molar-refractivity contribution in [3.63, 3.8) is 0 Å². The van der Waals surface area contributed by atoms with Crippen molar-refractivity contribution >= 4 is 28.9 Å². The lowest BCUT2D eigenvalue weighted by molar-refractivity contribution is -0.124. The maximum Gasteiger partial charge on any atom is 0.271 e. The summed E-state index contributed by atoms with van der Waals surface area (Å²) < 4.78 is 26.1. The molecule has 0 aromatic carbocycles. The van der Waals surface area contributed by atoms with Crippen molar-refractivity contribution in [3.8, 4) is 5.88 Å². The lowest BCUT2D eigenvalue weighted by atomic mass is 9.79. The van der Waals surface area contributed by atoms with Crippen molar-refractivity contribution in [2.45, 2.75) is 51.6 Å². The van der Waals surface area contributed by atoms with Gasteiger partial charge in [0, 0.05) is 18.9 Å². The molecule has 0 saturated heterocycles. The average molecular weight is 532 g/mol. The van der Waals surface area contributed by atoms with E-state index in [0.29, 0.717) is 17.2 Å². The van der Waals surface area contributed by atoms with E-state index in [4.69, 9.17) is 20.1 Å². The number of hydrogen-bond acceptors (Lipinski definition) is 9. The van der Waals surface area contributed by atoms with Gasteiger partial charge in [-0.2, -0.15) is 5.10 Å². The molecule has 1 aliphatic carbocycles. The molecule has 1 unspecified atom stereocenters. The van der Waals surface area contributed by atoms with Crippen LogP contribution in [0.3, 0.4) is 0 Å². The molecule has 1 fully saturated rings. The number of methoxy groups -OCH3 is 2. The van der Waals surface area contributed by atoms with E-state index in [0.717, 1.165) is 31.9 Å². The first kappa shape index (κ1) is 28.7. The molecule has 0 radical (unpaired) electrons. The quantitative estimate of drug-likeness (QED) is 0.197. The molecular formula is C25H34FN7O5. The monoisotopic (exact) mass is 531 g/mol. The Morgan fingerprint density at radius 3 is 2.63 bits per heavy atom. The Morgan fingerprint density at radius 1 is 1.29 bits per heavy atom. The van der Waals surface area contributed by atoms with Crippen LogP contribution in [-0.4, -0.2) is 70.1 Å². The number of rotatable bonds is 11. The number of aromatic nitrogens is 3. The summed E-state index contributed by atoms with van der Waals surface area (Å²) in [4.78, 5) is 30.0. The second-order valence-corrected chi connectivity index (χ2v) is 9.45. The molecule has 2 atom stereocenters. The second-order valence-electron chi connectivity index (χ2n) is 9.45. The summed E-state index contributed by atoms with van der Waals surface area (Å²) in [5, 5.41) is 29.5. The lowest BCUT2D eigenvalue weighted by Gasteiger charge is -2.32. The van der Waals surface area contributed by atoms with E-state index in [1.165, 1.54) is 38.1 Å². The topological polar surface area (TPSA) is 164 Å². The molecule has 2 heterocycles. The largest absolute Gasteiger partial charge is 0.481 e. The van der Waals surface area contributed by atoms with Crippen LogP contribution in [0.25, 0.3) is 0 Å². The molecule has 206 valence electrons. The predicted molar refractivity (Wildman–Crippen MR) is 137 cm³/mol. The highest BCUT2D eigenvalue weighted by atomic mass is 19.1. The normalized spacial score (nSPS) is 19.3. The second kappa shape index (κ2) is 13.1. The van der Waals surface area contributed by atoms with Crippen molar-refractivity contribution in [2.24, 2.45) is 17.0 Å². The molecule has 0 spiro atoms. The number of hydrogen-bond donors (Lipinski definition) is 4. The van der Waals surface area contributed by atoms with E-state index in [-0.39, 0.29) is 24.1 Å². The molecule has 0 bridgehead atoms. The van der Waals surface area contributed by atoms with Gasteiger partial charge in [0.1, 0.15) is 29.3 Å². The number of halogens is 1. The van der Waals surface area contributed by atoms with Crippen LogP contribution in [0.5, 0.6) is 5.88 Å². The number of anilines is 1. The van der Waals surface area contributed by atoms with Gasteiger partial charge in [-0.05, 0) is 37.7 Å².